The summed E-state index contributed by atoms with van der Waals surface area (Å²) in [6, 6.07) is 17.1. The van der Waals surface area contributed by atoms with Crippen molar-refractivity contribution in [1.29, 1.82) is 0 Å². The molecule has 28 heavy (non-hydrogen) atoms. The quantitative estimate of drug-likeness (QED) is 0.694. The summed E-state index contributed by atoms with van der Waals surface area (Å²) in [4.78, 5) is 12.3. The van der Waals surface area contributed by atoms with Crippen LogP contribution in [0.5, 0.6) is 0 Å². The van der Waals surface area contributed by atoms with E-state index in [2.05, 4.69) is 0 Å². The zero-order valence-electron chi connectivity index (χ0n) is 16.0. The van der Waals surface area contributed by atoms with Crippen molar-refractivity contribution in [3.8, 4) is 0 Å². The first-order valence-electron chi connectivity index (χ1n) is 9.39. The Labute approximate surface area is 166 Å². The van der Waals surface area contributed by atoms with Gasteiger partial charge in [0, 0.05) is 18.5 Å². The zero-order chi connectivity index (χ0) is 20.0. The Morgan fingerprint density at radius 2 is 1.82 bits per heavy atom. The number of benzene rings is 2. The van der Waals surface area contributed by atoms with Gasteiger partial charge in [0.05, 0.1) is 5.92 Å². The molecule has 148 valence electrons. The van der Waals surface area contributed by atoms with Gasteiger partial charge in [-0.3, -0.25) is 4.79 Å². The van der Waals surface area contributed by atoms with Crippen LogP contribution in [0.15, 0.2) is 60.0 Å². The molecule has 0 amide bonds. The molecule has 0 aliphatic carbocycles. The van der Waals surface area contributed by atoms with E-state index in [-0.39, 0.29) is 18.5 Å². The summed E-state index contributed by atoms with van der Waals surface area (Å²) in [5, 5.41) is 1.23. The van der Waals surface area contributed by atoms with Gasteiger partial charge in [-0.05, 0) is 37.0 Å². The molecule has 0 unspecified atom stereocenters. The molecule has 1 heterocycles. The van der Waals surface area contributed by atoms with Crippen molar-refractivity contribution in [2.24, 2.45) is 5.92 Å². The third-order valence-electron chi connectivity index (χ3n) is 4.84. The second-order valence-electron chi connectivity index (χ2n) is 7.03. The highest BCUT2D eigenvalue weighted by molar-refractivity contribution is 7.92. The molecule has 1 aliphatic heterocycles. The fourth-order valence-electron chi connectivity index (χ4n) is 3.23. The largest absolute Gasteiger partial charge is 0.461 e. The number of carbonyl (C=O) groups excluding carboxylic acids is 1. The van der Waals surface area contributed by atoms with Gasteiger partial charge in [0.15, 0.2) is 0 Å². The van der Waals surface area contributed by atoms with Gasteiger partial charge in [-0.15, -0.1) is 0 Å². The maximum absolute atomic E-state index is 12.5. The van der Waals surface area contributed by atoms with Gasteiger partial charge in [-0.1, -0.05) is 60.2 Å². The molecular formula is C22H25NO4S. The number of piperidine rings is 1. The van der Waals surface area contributed by atoms with Crippen LogP contribution in [-0.2, 0) is 26.2 Å². The number of hydrogen-bond donors (Lipinski definition) is 0. The van der Waals surface area contributed by atoms with Crippen molar-refractivity contribution in [3.05, 3.63) is 76.7 Å². The van der Waals surface area contributed by atoms with Crippen LogP contribution >= 0.6 is 0 Å². The molecule has 0 spiro atoms. The van der Waals surface area contributed by atoms with E-state index >= 15 is 0 Å². The summed E-state index contributed by atoms with van der Waals surface area (Å²) in [6.07, 6.45) is 2.55. The second-order valence-corrected chi connectivity index (χ2v) is 8.85. The van der Waals surface area contributed by atoms with Gasteiger partial charge in [0.2, 0.25) is 10.0 Å². The number of sulfonamides is 1. The Bertz CT molecular complexity index is 930. The molecule has 1 fully saturated rings. The molecule has 2 aromatic rings. The van der Waals surface area contributed by atoms with Crippen LogP contribution in [0.1, 0.15) is 29.5 Å². The van der Waals surface area contributed by atoms with E-state index in [9.17, 15) is 13.2 Å². The molecule has 6 heteroatoms. The number of ether oxygens (including phenoxy) is 1. The lowest BCUT2D eigenvalue weighted by Crippen LogP contribution is -2.39. The average molecular weight is 400 g/mol. The van der Waals surface area contributed by atoms with E-state index in [0.29, 0.717) is 25.9 Å². The predicted molar refractivity (Wildman–Crippen MR) is 110 cm³/mol. The molecule has 0 aromatic heterocycles. The summed E-state index contributed by atoms with van der Waals surface area (Å²) in [6.45, 7) is 2.89. The monoisotopic (exact) mass is 399 g/mol. The minimum atomic E-state index is -3.49. The van der Waals surface area contributed by atoms with Crippen LogP contribution in [0.2, 0.25) is 0 Å². The van der Waals surface area contributed by atoms with Gasteiger partial charge < -0.3 is 4.74 Å². The number of hydrogen-bond acceptors (Lipinski definition) is 4. The highest BCUT2D eigenvalue weighted by atomic mass is 32.2. The van der Waals surface area contributed by atoms with Crippen molar-refractivity contribution in [1.82, 2.24) is 4.31 Å². The fraction of sp³-hybridized carbons (Fsp3) is 0.318. The Balaban J connectivity index is 1.50. The van der Waals surface area contributed by atoms with Gasteiger partial charge in [0.25, 0.3) is 0 Å². The number of aryl methyl sites for hydroxylation is 1. The first-order valence-corrected chi connectivity index (χ1v) is 10.9. The first kappa shape index (κ1) is 20.3. The van der Waals surface area contributed by atoms with Crippen LogP contribution in [-0.4, -0.2) is 31.8 Å². The van der Waals surface area contributed by atoms with Gasteiger partial charge in [-0.2, -0.15) is 4.31 Å². The Kier molecular flexibility index (Phi) is 6.65. The highest BCUT2D eigenvalue weighted by Crippen LogP contribution is 2.22. The number of carbonyl (C=O) groups is 1. The topological polar surface area (TPSA) is 63.7 Å². The van der Waals surface area contributed by atoms with Crippen molar-refractivity contribution >= 4 is 22.1 Å². The second kappa shape index (κ2) is 9.17. The van der Waals surface area contributed by atoms with E-state index in [1.165, 1.54) is 9.71 Å². The number of nitrogens with zero attached hydrogens (tertiary/aromatic N) is 1. The SMILES string of the molecule is Cc1cccc(COC(=O)C2CCN(S(=O)(=O)/C=C/c3ccccc3)CC2)c1. The van der Waals surface area contributed by atoms with Crippen LogP contribution in [0.25, 0.3) is 6.08 Å². The highest BCUT2D eigenvalue weighted by Gasteiger charge is 2.30. The molecule has 0 saturated carbocycles. The third-order valence-corrected chi connectivity index (χ3v) is 6.41. The minimum absolute atomic E-state index is 0.249. The van der Waals surface area contributed by atoms with Crippen molar-refractivity contribution in [3.63, 3.8) is 0 Å². The first-order chi connectivity index (χ1) is 13.4. The molecule has 0 atom stereocenters. The molecule has 1 saturated heterocycles. The molecule has 0 radical (unpaired) electrons. The molecular weight excluding hydrogens is 374 g/mol. The number of rotatable bonds is 6. The van der Waals surface area contributed by atoms with Crippen molar-refractivity contribution < 1.29 is 17.9 Å². The molecule has 2 aromatic carbocycles. The van der Waals surface area contributed by atoms with E-state index in [1.54, 1.807) is 6.08 Å². The molecule has 1 aliphatic rings. The van der Waals surface area contributed by atoms with E-state index < -0.39 is 10.0 Å². The van der Waals surface area contributed by atoms with Gasteiger partial charge in [-0.25, -0.2) is 8.42 Å². The maximum atomic E-state index is 12.5. The number of esters is 1. The third kappa shape index (κ3) is 5.53. The van der Waals surface area contributed by atoms with Crippen molar-refractivity contribution in [2.75, 3.05) is 13.1 Å². The van der Waals surface area contributed by atoms with E-state index in [1.807, 2.05) is 61.5 Å². The van der Waals surface area contributed by atoms with E-state index in [4.69, 9.17) is 4.74 Å². The van der Waals surface area contributed by atoms with Crippen LogP contribution in [0.3, 0.4) is 0 Å². The van der Waals surface area contributed by atoms with Crippen LogP contribution in [0, 0.1) is 12.8 Å². The normalized spacial score (nSPS) is 16.3. The minimum Gasteiger partial charge on any atom is -0.461 e. The molecule has 5 nitrogen and oxygen atoms in total. The zero-order valence-corrected chi connectivity index (χ0v) is 16.8. The summed E-state index contributed by atoms with van der Waals surface area (Å²) in [7, 11) is -3.49. The smallest absolute Gasteiger partial charge is 0.309 e. The molecule has 0 N–H and O–H groups in total. The van der Waals surface area contributed by atoms with Gasteiger partial charge in [0.1, 0.15) is 6.61 Å². The predicted octanol–water partition coefficient (Wildman–Crippen LogP) is 3.75. The van der Waals surface area contributed by atoms with Crippen LogP contribution in [0.4, 0.5) is 0 Å². The average Bonchev–Trinajstić information content (AvgIpc) is 2.71. The molecule has 0 bridgehead atoms. The van der Waals surface area contributed by atoms with Gasteiger partial charge >= 0.3 is 5.97 Å². The summed E-state index contributed by atoms with van der Waals surface area (Å²) < 4.78 is 31.9. The lowest BCUT2D eigenvalue weighted by molar-refractivity contribution is -0.151. The lowest BCUT2D eigenvalue weighted by Gasteiger charge is -2.29. The lowest BCUT2D eigenvalue weighted by atomic mass is 9.98. The Morgan fingerprint density at radius 1 is 1.11 bits per heavy atom. The van der Waals surface area contributed by atoms with Crippen LogP contribution < -0.4 is 0 Å². The fourth-order valence-corrected chi connectivity index (χ4v) is 4.46. The Morgan fingerprint density at radius 3 is 2.50 bits per heavy atom. The standard InChI is InChI=1S/C22H25NO4S/c1-18-6-5-9-20(16-18)17-27-22(24)21-10-13-23(14-11-21)28(25,26)15-12-19-7-3-2-4-8-19/h2-9,12,15-16,21H,10-11,13-14,17H2,1H3/b15-12+. The molecule has 3 rings (SSSR count). The summed E-state index contributed by atoms with van der Waals surface area (Å²) in [5.74, 6) is -0.507. The maximum Gasteiger partial charge on any atom is 0.309 e. The Hall–Kier alpha value is -2.44. The summed E-state index contributed by atoms with van der Waals surface area (Å²) in [5.41, 5.74) is 2.91. The van der Waals surface area contributed by atoms with Crippen molar-refractivity contribution in [2.45, 2.75) is 26.4 Å². The van der Waals surface area contributed by atoms with E-state index in [0.717, 1.165) is 16.7 Å². The summed E-state index contributed by atoms with van der Waals surface area (Å²) >= 11 is 0.